The summed E-state index contributed by atoms with van der Waals surface area (Å²) < 4.78 is 0. The molecule has 0 spiro atoms. The quantitative estimate of drug-likeness (QED) is 0.499. The van der Waals surface area contributed by atoms with E-state index >= 15 is 0 Å². The molecule has 0 bridgehead atoms. The molecule has 0 amide bonds. The molecule has 2 atom stereocenters. The zero-order valence-electron chi connectivity index (χ0n) is 20.7. The van der Waals surface area contributed by atoms with Crippen molar-refractivity contribution in [3.05, 3.63) is 41.0 Å². The van der Waals surface area contributed by atoms with E-state index in [4.69, 9.17) is 5.73 Å². The van der Waals surface area contributed by atoms with Gasteiger partial charge in [0, 0.05) is 15.0 Å². The molecule has 2 unspecified atom stereocenters. The Hall–Kier alpha value is -1.14. The first kappa shape index (κ1) is 32.0. The highest BCUT2D eigenvalue weighted by atomic mass is 16.3. The van der Waals surface area contributed by atoms with Gasteiger partial charge >= 0.3 is 0 Å². The Morgan fingerprint density at radius 2 is 1.65 bits per heavy atom. The molecule has 1 fully saturated rings. The summed E-state index contributed by atoms with van der Waals surface area (Å²) in [7, 11) is 0. The highest BCUT2D eigenvalue weighted by molar-refractivity contribution is 5.49. The molecule has 0 aliphatic heterocycles. The maximum absolute atomic E-state index is 10.6. The standard InChI is InChI=1S/C19H30NO.C7H14.H3N.2H2O.2H2/c1-12(2)15-9-16(18(10-15)13(3)4)11-19(21)14-5-7-17(20)8-6-14;1-7-5-3-2-4-6-7;;;;;/h7,9-10,12-14,19,21H,5-6,8,11,20H2,1-4H3;7H,2-6H2,1H3;1H3;2*1H2;2*1H. The number of nitrogens with two attached hydrogens (primary N) is 1. The third kappa shape index (κ3) is 10.3. The van der Waals surface area contributed by atoms with E-state index in [9.17, 15) is 5.11 Å². The summed E-state index contributed by atoms with van der Waals surface area (Å²) in [6.07, 6.45) is 17.5. The van der Waals surface area contributed by atoms with Crippen LogP contribution >= 0.6 is 0 Å². The van der Waals surface area contributed by atoms with Crippen molar-refractivity contribution < 1.29 is 18.9 Å². The Morgan fingerprint density at radius 1 is 1.03 bits per heavy atom. The molecular formula is C26H55N2O3. The second kappa shape index (κ2) is 15.6. The van der Waals surface area contributed by atoms with Gasteiger partial charge in [-0.15, -0.1) is 0 Å². The fourth-order valence-electron chi connectivity index (χ4n) is 4.57. The number of hydrogen-bond acceptors (Lipinski definition) is 3. The van der Waals surface area contributed by atoms with Gasteiger partial charge < -0.3 is 27.9 Å². The maximum atomic E-state index is 10.6. The number of rotatable bonds is 5. The van der Waals surface area contributed by atoms with Crippen molar-refractivity contribution in [2.45, 2.75) is 98.5 Å². The van der Waals surface area contributed by atoms with Crippen molar-refractivity contribution in [2.75, 3.05) is 0 Å². The van der Waals surface area contributed by atoms with E-state index in [0.717, 1.165) is 37.3 Å². The zero-order chi connectivity index (χ0) is 20.7. The molecule has 0 aromatic rings. The Labute approximate surface area is 194 Å². The van der Waals surface area contributed by atoms with Gasteiger partial charge in [-0.1, -0.05) is 90.0 Å². The van der Waals surface area contributed by atoms with Crippen molar-refractivity contribution in [3.8, 4) is 0 Å². The van der Waals surface area contributed by atoms with Gasteiger partial charge in [-0.25, -0.2) is 0 Å². The summed E-state index contributed by atoms with van der Waals surface area (Å²) in [5.74, 6) is 2.45. The molecule has 1 saturated carbocycles. The summed E-state index contributed by atoms with van der Waals surface area (Å²) in [6, 6.07) is 0. The number of allylic oxidation sites excluding steroid dienone is 5. The molecule has 0 heterocycles. The summed E-state index contributed by atoms with van der Waals surface area (Å²) in [5, 5.41) is 10.6. The largest absolute Gasteiger partial charge is 0.412 e. The van der Waals surface area contributed by atoms with Crippen molar-refractivity contribution in [3.63, 3.8) is 0 Å². The summed E-state index contributed by atoms with van der Waals surface area (Å²) in [5.41, 5.74) is 11.0. The van der Waals surface area contributed by atoms with E-state index in [1.807, 2.05) is 0 Å². The van der Waals surface area contributed by atoms with E-state index in [1.54, 1.807) is 0 Å². The lowest BCUT2D eigenvalue weighted by Crippen LogP contribution is -2.24. The van der Waals surface area contributed by atoms with Crippen LogP contribution in [0, 0.1) is 30.1 Å². The van der Waals surface area contributed by atoms with Gasteiger partial charge in [-0.2, -0.15) is 0 Å². The van der Waals surface area contributed by atoms with Crippen LogP contribution in [0.4, 0.5) is 0 Å². The smallest absolute Gasteiger partial charge is 0.0609 e. The summed E-state index contributed by atoms with van der Waals surface area (Å²) >= 11 is 0. The third-order valence-electron chi connectivity index (χ3n) is 6.68. The molecule has 3 aliphatic rings. The maximum Gasteiger partial charge on any atom is 0.0609 e. The predicted octanol–water partition coefficient (Wildman–Crippen LogP) is 5.72. The van der Waals surface area contributed by atoms with Gasteiger partial charge in [-0.05, 0) is 54.9 Å². The first-order chi connectivity index (χ1) is 13.3. The molecule has 187 valence electrons. The predicted molar refractivity (Wildman–Crippen MR) is 138 cm³/mol. The second-order valence-electron chi connectivity index (χ2n) is 9.91. The molecule has 5 nitrogen and oxygen atoms in total. The van der Waals surface area contributed by atoms with Crippen LogP contribution in [0.15, 0.2) is 34.6 Å². The molecule has 0 saturated heterocycles. The van der Waals surface area contributed by atoms with Gasteiger partial charge in [0.2, 0.25) is 0 Å². The molecule has 0 aromatic heterocycles. The fourth-order valence-corrected chi connectivity index (χ4v) is 4.57. The van der Waals surface area contributed by atoms with E-state index in [2.05, 4.69) is 53.2 Å². The Bertz CT molecular complexity index is 598. The normalized spacial score (nSPS) is 22.4. The lowest BCUT2D eigenvalue weighted by molar-refractivity contribution is 0.101. The van der Waals surface area contributed by atoms with Gasteiger partial charge in [0.1, 0.15) is 0 Å². The second-order valence-corrected chi connectivity index (χ2v) is 9.91. The van der Waals surface area contributed by atoms with Crippen molar-refractivity contribution in [1.82, 2.24) is 6.15 Å². The number of hydrogen-bond donors (Lipinski definition) is 3. The van der Waals surface area contributed by atoms with Crippen LogP contribution in [0.5, 0.6) is 0 Å². The summed E-state index contributed by atoms with van der Waals surface area (Å²) in [4.78, 5) is 0. The van der Waals surface area contributed by atoms with Crippen LogP contribution in [0.2, 0.25) is 0 Å². The topological polar surface area (TPSA) is 144 Å². The molecule has 10 N–H and O–H groups in total. The lowest BCUT2D eigenvalue weighted by Gasteiger charge is -2.26. The van der Waals surface area contributed by atoms with Gasteiger partial charge in [0.15, 0.2) is 0 Å². The first-order valence-electron chi connectivity index (χ1n) is 11.7. The highest BCUT2D eigenvalue weighted by Crippen LogP contribution is 2.37. The van der Waals surface area contributed by atoms with Crippen molar-refractivity contribution in [1.29, 1.82) is 0 Å². The van der Waals surface area contributed by atoms with Crippen molar-refractivity contribution >= 4 is 0 Å². The van der Waals surface area contributed by atoms with Crippen molar-refractivity contribution in [2.24, 2.45) is 29.4 Å². The average Bonchev–Trinajstić information content (AvgIpc) is 3.08. The van der Waals surface area contributed by atoms with Crippen LogP contribution in [-0.4, -0.2) is 22.2 Å². The van der Waals surface area contributed by atoms with E-state index in [-0.39, 0.29) is 26.1 Å². The zero-order valence-corrected chi connectivity index (χ0v) is 20.7. The lowest BCUT2D eigenvalue weighted by atomic mass is 9.84. The van der Waals surface area contributed by atoms with E-state index in [1.165, 1.54) is 48.8 Å². The minimum Gasteiger partial charge on any atom is -0.412 e. The number of aliphatic hydroxyl groups excluding tert-OH is 1. The Kier molecular flexibility index (Phi) is 16.2. The van der Waals surface area contributed by atoms with Gasteiger partial charge in [0.25, 0.3) is 0 Å². The molecule has 3 rings (SSSR count). The van der Waals surface area contributed by atoms with E-state index in [0.29, 0.717) is 17.8 Å². The minimum absolute atomic E-state index is 0. The molecular weight excluding hydrogens is 388 g/mol. The minimum atomic E-state index is -0.255. The SMILES string of the molecule is CC(C)C1=CC(C(C)C)=C(CC(O)C2CC=C(N)CC2)[CH]1.CC1CCCCC1.N.O.O.[HH].[HH]. The molecule has 5 heteroatoms. The summed E-state index contributed by atoms with van der Waals surface area (Å²) in [6.45, 7) is 11.3. The van der Waals surface area contributed by atoms with Crippen LogP contribution < -0.4 is 11.9 Å². The molecule has 0 aromatic carbocycles. The molecule has 1 radical (unpaired) electrons. The Balaban J connectivity index is -0.000000305. The first-order valence-corrected chi connectivity index (χ1v) is 11.7. The van der Waals surface area contributed by atoms with Crippen LogP contribution in [-0.2, 0) is 0 Å². The molecule has 31 heavy (non-hydrogen) atoms. The third-order valence-corrected chi connectivity index (χ3v) is 6.68. The van der Waals surface area contributed by atoms with Gasteiger partial charge in [0.05, 0.1) is 6.10 Å². The van der Waals surface area contributed by atoms with Gasteiger partial charge in [-0.3, -0.25) is 0 Å². The fraction of sp³-hybridized carbons (Fsp3) is 0.731. The number of aliphatic hydroxyl groups is 1. The van der Waals surface area contributed by atoms with Crippen LogP contribution in [0.3, 0.4) is 0 Å². The Morgan fingerprint density at radius 3 is 2.06 bits per heavy atom. The average molecular weight is 444 g/mol. The van der Waals surface area contributed by atoms with Crippen LogP contribution in [0.25, 0.3) is 0 Å². The van der Waals surface area contributed by atoms with E-state index < -0.39 is 0 Å². The highest BCUT2D eigenvalue weighted by Gasteiger charge is 2.26. The monoisotopic (exact) mass is 443 g/mol. The molecule has 3 aliphatic carbocycles. The van der Waals surface area contributed by atoms with Crippen LogP contribution in [0.1, 0.15) is 95.3 Å².